The third kappa shape index (κ3) is 6.36. The van der Waals surface area contributed by atoms with Crippen LogP contribution in [0.2, 0.25) is 0 Å². The molecule has 1 aromatic heterocycles. The van der Waals surface area contributed by atoms with Gasteiger partial charge in [0.1, 0.15) is 17.5 Å². The summed E-state index contributed by atoms with van der Waals surface area (Å²) in [6.45, 7) is 3.52. The Balaban J connectivity index is 1.05. The first-order valence-corrected chi connectivity index (χ1v) is 18.4. The fourth-order valence-corrected chi connectivity index (χ4v) is 9.12. The normalized spacial score (nSPS) is 22.6. The second kappa shape index (κ2) is 12.9. The third-order valence-corrected chi connectivity index (χ3v) is 12.2. The number of sulfonamides is 1. The smallest absolute Gasteiger partial charge is 0.339 e. The van der Waals surface area contributed by atoms with Crippen molar-refractivity contribution in [3.8, 4) is 0 Å². The number of carbonyl (C=O) groups is 1. The monoisotopic (exact) mass is 715 g/mol. The number of amides is 1. The van der Waals surface area contributed by atoms with E-state index in [-0.39, 0.29) is 11.4 Å². The molecule has 4 heterocycles. The SMILES string of the molecule is Cc1nc2ccccc2n1C1CC2CCC(C1)N2CCC1(c2cccc(F)c2)CCN(C(=O)c2ccc(NS(=O)(=O)C(F)(F)F)c(F)c2)CC1. The highest BCUT2D eigenvalue weighted by Gasteiger charge is 2.47. The molecule has 8 nitrogen and oxygen atoms in total. The molecule has 4 aromatic rings. The van der Waals surface area contributed by atoms with Crippen molar-refractivity contribution < 1.29 is 35.2 Å². The molecule has 3 aliphatic heterocycles. The summed E-state index contributed by atoms with van der Waals surface area (Å²) in [6.07, 6.45) is 6.15. The van der Waals surface area contributed by atoms with E-state index < -0.39 is 38.4 Å². The van der Waals surface area contributed by atoms with Crippen LogP contribution >= 0.6 is 0 Å². The number of nitrogens with one attached hydrogen (secondary N) is 1. The van der Waals surface area contributed by atoms with E-state index in [0.717, 1.165) is 73.8 Å². The van der Waals surface area contributed by atoms with Gasteiger partial charge in [0.2, 0.25) is 0 Å². The molecule has 1 N–H and O–H groups in total. The average molecular weight is 716 g/mol. The summed E-state index contributed by atoms with van der Waals surface area (Å²) in [5, 5.41) is 0. The number of piperidine rings is 2. The Morgan fingerprint density at radius 3 is 2.30 bits per heavy atom. The van der Waals surface area contributed by atoms with E-state index in [1.165, 1.54) is 16.3 Å². The number of para-hydroxylation sites is 2. The van der Waals surface area contributed by atoms with Crippen LogP contribution in [-0.2, 0) is 15.4 Å². The van der Waals surface area contributed by atoms with Crippen molar-refractivity contribution in [3.05, 3.63) is 95.3 Å². The number of benzene rings is 3. The molecule has 0 aliphatic carbocycles. The van der Waals surface area contributed by atoms with Crippen molar-refractivity contribution in [3.63, 3.8) is 0 Å². The number of anilines is 1. The lowest BCUT2D eigenvalue weighted by Crippen LogP contribution is -2.49. The second-order valence-electron chi connectivity index (χ2n) is 13.8. The lowest BCUT2D eigenvalue weighted by Gasteiger charge is -2.45. The summed E-state index contributed by atoms with van der Waals surface area (Å²) in [4.78, 5) is 22.4. The van der Waals surface area contributed by atoms with Crippen molar-refractivity contribution in [1.29, 1.82) is 0 Å². The van der Waals surface area contributed by atoms with Gasteiger partial charge < -0.3 is 9.47 Å². The zero-order chi connectivity index (χ0) is 35.4. The maximum atomic E-state index is 14.7. The fourth-order valence-electron chi connectivity index (χ4n) is 8.55. The summed E-state index contributed by atoms with van der Waals surface area (Å²) in [5.74, 6) is -1.13. The predicted molar refractivity (Wildman–Crippen MR) is 179 cm³/mol. The van der Waals surface area contributed by atoms with Crippen molar-refractivity contribution in [1.82, 2.24) is 19.4 Å². The van der Waals surface area contributed by atoms with Crippen LogP contribution in [0.25, 0.3) is 11.0 Å². The van der Waals surface area contributed by atoms with Crippen LogP contribution < -0.4 is 4.72 Å². The number of likely N-dealkylation sites (tertiary alicyclic amines) is 1. The highest BCUT2D eigenvalue weighted by Crippen LogP contribution is 2.45. The summed E-state index contributed by atoms with van der Waals surface area (Å²) < 4.78 is 94.1. The van der Waals surface area contributed by atoms with Gasteiger partial charge in [-0.3, -0.25) is 14.4 Å². The number of nitrogens with zero attached hydrogens (tertiary/aromatic N) is 4. The fraction of sp³-hybridized carbons (Fsp3) is 0.444. The van der Waals surface area contributed by atoms with E-state index in [0.29, 0.717) is 44.1 Å². The number of imidazole rings is 1. The summed E-state index contributed by atoms with van der Waals surface area (Å²) in [6, 6.07) is 18.7. The van der Waals surface area contributed by atoms with Crippen LogP contribution in [0.1, 0.15) is 72.7 Å². The molecule has 2 unspecified atom stereocenters. The number of carbonyl (C=O) groups excluding carboxylic acids is 1. The molecule has 2 atom stereocenters. The Hall–Kier alpha value is -4.04. The molecule has 0 radical (unpaired) electrons. The third-order valence-electron chi connectivity index (χ3n) is 11.1. The molecule has 14 heteroatoms. The summed E-state index contributed by atoms with van der Waals surface area (Å²) in [5.41, 5.74) is -4.00. The van der Waals surface area contributed by atoms with E-state index in [4.69, 9.17) is 4.98 Å². The number of hydrogen-bond donors (Lipinski definition) is 1. The van der Waals surface area contributed by atoms with Crippen molar-refractivity contribution in [2.75, 3.05) is 24.4 Å². The topological polar surface area (TPSA) is 87.5 Å². The average Bonchev–Trinajstić information content (AvgIpc) is 3.54. The zero-order valence-electron chi connectivity index (χ0n) is 27.5. The molecule has 3 saturated heterocycles. The number of fused-ring (bicyclic) bond motifs is 3. The van der Waals surface area contributed by atoms with E-state index >= 15 is 0 Å². The zero-order valence-corrected chi connectivity index (χ0v) is 28.3. The predicted octanol–water partition coefficient (Wildman–Crippen LogP) is 7.32. The van der Waals surface area contributed by atoms with Crippen molar-refractivity contribution >= 4 is 32.7 Å². The van der Waals surface area contributed by atoms with Gasteiger partial charge in [0, 0.05) is 36.8 Å². The summed E-state index contributed by atoms with van der Waals surface area (Å²) in [7, 11) is -5.83. The minimum atomic E-state index is -5.83. The molecule has 266 valence electrons. The van der Waals surface area contributed by atoms with Crippen LogP contribution in [0.4, 0.5) is 27.6 Å². The van der Waals surface area contributed by atoms with Gasteiger partial charge in [-0.05, 0) is 112 Å². The largest absolute Gasteiger partial charge is 0.516 e. The minimum absolute atomic E-state index is 0.115. The molecule has 0 saturated carbocycles. The summed E-state index contributed by atoms with van der Waals surface area (Å²) >= 11 is 0. The van der Waals surface area contributed by atoms with Crippen LogP contribution in [0.15, 0.2) is 66.7 Å². The van der Waals surface area contributed by atoms with Gasteiger partial charge in [0.25, 0.3) is 5.91 Å². The Labute approximate surface area is 287 Å². The number of halogens is 5. The first-order valence-electron chi connectivity index (χ1n) is 16.9. The highest BCUT2D eigenvalue weighted by molar-refractivity contribution is 7.93. The van der Waals surface area contributed by atoms with Gasteiger partial charge in [-0.1, -0.05) is 24.3 Å². The van der Waals surface area contributed by atoms with E-state index in [9.17, 15) is 35.2 Å². The first-order chi connectivity index (χ1) is 23.7. The molecule has 2 bridgehead atoms. The van der Waals surface area contributed by atoms with Gasteiger partial charge in [-0.15, -0.1) is 0 Å². The van der Waals surface area contributed by atoms with E-state index in [2.05, 4.69) is 34.6 Å². The lowest BCUT2D eigenvalue weighted by atomic mass is 9.70. The Bertz CT molecular complexity index is 2010. The number of alkyl halides is 3. The van der Waals surface area contributed by atoms with Crippen LogP contribution in [0, 0.1) is 18.6 Å². The molecule has 7 rings (SSSR count). The van der Waals surface area contributed by atoms with Crippen molar-refractivity contribution in [2.45, 2.75) is 80.9 Å². The van der Waals surface area contributed by atoms with Gasteiger partial charge in [0.05, 0.1) is 16.7 Å². The first kappa shape index (κ1) is 34.4. The van der Waals surface area contributed by atoms with Gasteiger partial charge in [0.15, 0.2) is 0 Å². The molecular formula is C36H38F5N5O3S. The van der Waals surface area contributed by atoms with E-state index in [1.807, 2.05) is 12.1 Å². The standard InChI is InChI=1S/C36H38F5N5O3S/c1-23-42-32-7-2-3-8-33(32)46(23)29-21-27-10-11-28(22-29)45(27)18-15-35(25-5-4-6-26(37)20-25)13-16-44(17-14-35)34(47)24-9-12-31(30(38)19-24)43-50(48,49)36(39,40)41/h2-9,12,19-20,27-29,43H,10-11,13-18,21-22H2,1H3. The van der Waals surface area contributed by atoms with Gasteiger partial charge in [-0.25, -0.2) is 13.8 Å². The maximum Gasteiger partial charge on any atom is 0.516 e. The van der Waals surface area contributed by atoms with Gasteiger partial charge in [-0.2, -0.15) is 21.6 Å². The number of hydrogen-bond acceptors (Lipinski definition) is 5. The van der Waals surface area contributed by atoms with Crippen LogP contribution in [0.5, 0.6) is 0 Å². The number of rotatable bonds is 8. The van der Waals surface area contributed by atoms with Crippen LogP contribution in [-0.4, -0.2) is 70.9 Å². The Morgan fingerprint density at radius 2 is 1.64 bits per heavy atom. The number of aryl methyl sites for hydroxylation is 1. The Kier molecular flexibility index (Phi) is 8.90. The quantitative estimate of drug-likeness (QED) is 0.193. The van der Waals surface area contributed by atoms with E-state index in [1.54, 1.807) is 17.0 Å². The molecule has 3 fully saturated rings. The highest BCUT2D eigenvalue weighted by atomic mass is 32.2. The second-order valence-corrected chi connectivity index (χ2v) is 15.5. The number of aromatic nitrogens is 2. The molecular weight excluding hydrogens is 677 g/mol. The maximum absolute atomic E-state index is 14.7. The molecule has 0 spiro atoms. The van der Waals surface area contributed by atoms with Crippen LogP contribution in [0.3, 0.4) is 0 Å². The Morgan fingerprint density at radius 1 is 0.940 bits per heavy atom. The van der Waals surface area contributed by atoms with Crippen molar-refractivity contribution in [2.24, 2.45) is 0 Å². The minimum Gasteiger partial charge on any atom is -0.339 e. The van der Waals surface area contributed by atoms with Gasteiger partial charge >= 0.3 is 15.5 Å². The molecule has 1 amide bonds. The molecule has 50 heavy (non-hydrogen) atoms. The molecule has 3 aromatic carbocycles. The lowest BCUT2D eigenvalue weighted by molar-refractivity contribution is -0.0429. The molecule has 3 aliphatic rings.